The van der Waals surface area contributed by atoms with Crippen LogP contribution in [0.5, 0.6) is 5.75 Å². The lowest BCUT2D eigenvalue weighted by Gasteiger charge is -2.16. The Morgan fingerprint density at radius 1 is 0.524 bits per heavy atom. The quantitative estimate of drug-likeness (QED) is 0.101. The number of thioether (sulfide) groups is 2. The maximum atomic E-state index is 9.85. The van der Waals surface area contributed by atoms with E-state index in [1.807, 2.05) is 12.1 Å². The van der Waals surface area contributed by atoms with Gasteiger partial charge in [0.25, 0.3) is 0 Å². The van der Waals surface area contributed by atoms with Crippen LogP contribution in [-0.2, 0) is 11.5 Å². The molecule has 0 fully saturated rings. The first kappa shape index (κ1) is 37.1. The lowest BCUT2D eigenvalue weighted by Crippen LogP contribution is -1.96. The van der Waals surface area contributed by atoms with Gasteiger partial charge in [0.15, 0.2) is 0 Å². The SMILES string of the molecule is CCCCCCCCCCCCSCc1cc(C)c(-c2ccc(O)cc2)c(CSCCCCCCCCCCCC)c1. The Morgan fingerprint density at radius 2 is 0.952 bits per heavy atom. The van der Waals surface area contributed by atoms with E-state index in [2.05, 4.69) is 68.6 Å². The van der Waals surface area contributed by atoms with Gasteiger partial charge in [-0.3, -0.25) is 0 Å². The highest BCUT2D eigenvalue weighted by Crippen LogP contribution is 2.34. The molecule has 238 valence electrons. The van der Waals surface area contributed by atoms with Crippen molar-refractivity contribution in [3.63, 3.8) is 0 Å². The number of hydrogen-bond acceptors (Lipinski definition) is 3. The molecule has 0 aliphatic carbocycles. The van der Waals surface area contributed by atoms with Gasteiger partial charge in [-0.1, -0.05) is 154 Å². The van der Waals surface area contributed by atoms with Crippen molar-refractivity contribution >= 4 is 23.5 Å². The Balaban J connectivity index is 1.74. The molecule has 1 nitrogen and oxygen atoms in total. The molecule has 0 bridgehead atoms. The van der Waals surface area contributed by atoms with Gasteiger partial charge in [-0.15, -0.1) is 0 Å². The fourth-order valence-corrected chi connectivity index (χ4v) is 7.89. The lowest BCUT2D eigenvalue weighted by atomic mass is 9.94. The Bertz CT molecular complexity index is 907. The minimum atomic E-state index is 0.341. The van der Waals surface area contributed by atoms with Gasteiger partial charge in [0, 0.05) is 11.5 Å². The number of phenols is 1. The van der Waals surface area contributed by atoms with Gasteiger partial charge in [-0.25, -0.2) is 0 Å². The molecule has 0 aliphatic rings. The molecule has 2 rings (SSSR count). The highest BCUT2D eigenvalue weighted by Gasteiger charge is 2.12. The van der Waals surface area contributed by atoms with Crippen LogP contribution in [0.4, 0.5) is 0 Å². The van der Waals surface area contributed by atoms with E-state index in [1.165, 1.54) is 168 Å². The van der Waals surface area contributed by atoms with Crippen molar-refractivity contribution in [3.8, 4) is 16.9 Å². The number of aryl methyl sites for hydroxylation is 1. The van der Waals surface area contributed by atoms with Crippen LogP contribution in [0.25, 0.3) is 11.1 Å². The Kier molecular flexibility index (Phi) is 22.4. The van der Waals surface area contributed by atoms with E-state index < -0.39 is 0 Å². The van der Waals surface area contributed by atoms with Gasteiger partial charge in [0.05, 0.1) is 0 Å². The molecule has 0 saturated carbocycles. The molecule has 0 amide bonds. The molecule has 0 radical (unpaired) electrons. The monoisotopic (exact) mass is 612 g/mol. The Labute approximate surface area is 269 Å². The van der Waals surface area contributed by atoms with Crippen molar-refractivity contribution in [1.82, 2.24) is 0 Å². The van der Waals surface area contributed by atoms with Gasteiger partial charge < -0.3 is 5.11 Å². The highest BCUT2D eigenvalue weighted by molar-refractivity contribution is 7.98. The molecule has 0 saturated heterocycles. The average molecular weight is 613 g/mol. The first-order chi connectivity index (χ1) is 20.7. The third-order valence-corrected chi connectivity index (χ3v) is 10.7. The van der Waals surface area contributed by atoms with Gasteiger partial charge in [0.1, 0.15) is 5.75 Å². The van der Waals surface area contributed by atoms with Crippen LogP contribution in [0, 0.1) is 6.92 Å². The molecular formula is C39H64OS2. The minimum absolute atomic E-state index is 0.341. The highest BCUT2D eigenvalue weighted by atomic mass is 32.2. The van der Waals surface area contributed by atoms with Crippen molar-refractivity contribution in [2.45, 2.75) is 161 Å². The maximum absolute atomic E-state index is 9.85. The van der Waals surface area contributed by atoms with Crippen molar-refractivity contribution in [2.24, 2.45) is 0 Å². The first-order valence-corrected chi connectivity index (χ1v) is 20.0. The predicted molar refractivity (Wildman–Crippen MR) is 194 cm³/mol. The third-order valence-electron chi connectivity index (χ3n) is 8.44. The van der Waals surface area contributed by atoms with Crippen LogP contribution in [0.1, 0.15) is 159 Å². The lowest BCUT2D eigenvalue weighted by molar-refractivity contribution is 0.475. The summed E-state index contributed by atoms with van der Waals surface area (Å²) in [6.45, 7) is 6.86. The largest absolute Gasteiger partial charge is 0.508 e. The van der Waals surface area contributed by atoms with Gasteiger partial charge in [-0.05, 0) is 71.2 Å². The molecule has 0 aromatic heterocycles. The van der Waals surface area contributed by atoms with Crippen LogP contribution in [-0.4, -0.2) is 16.6 Å². The number of aromatic hydroxyl groups is 1. The Morgan fingerprint density at radius 3 is 1.43 bits per heavy atom. The molecule has 0 atom stereocenters. The molecule has 2 aromatic carbocycles. The summed E-state index contributed by atoms with van der Waals surface area (Å²) in [5.41, 5.74) is 6.90. The van der Waals surface area contributed by atoms with E-state index >= 15 is 0 Å². The summed E-state index contributed by atoms with van der Waals surface area (Å²) in [5.74, 6) is 5.06. The summed E-state index contributed by atoms with van der Waals surface area (Å²) in [6, 6.07) is 12.7. The molecule has 2 aromatic rings. The van der Waals surface area contributed by atoms with E-state index in [0.717, 1.165) is 11.5 Å². The fraction of sp³-hybridized carbons (Fsp3) is 0.692. The molecule has 1 N–H and O–H groups in total. The Hall–Kier alpha value is -1.06. The summed E-state index contributed by atoms with van der Waals surface area (Å²) < 4.78 is 0. The molecule has 42 heavy (non-hydrogen) atoms. The fourth-order valence-electron chi connectivity index (χ4n) is 5.93. The summed E-state index contributed by atoms with van der Waals surface area (Å²) in [6.07, 6.45) is 28.1. The summed E-state index contributed by atoms with van der Waals surface area (Å²) in [7, 11) is 0. The second-order valence-corrected chi connectivity index (χ2v) is 14.7. The van der Waals surface area contributed by atoms with Crippen molar-refractivity contribution in [1.29, 1.82) is 0 Å². The normalized spacial score (nSPS) is 11.4. The molecule has 0 unspecified atom stereocenters. The number of unbranched alkanes of at least 4 members (excludes halogenated alkanes) is 18. The van der Waals surface area contributed by atoms with Crippen LogP contribution in [0.15, 0.2) is 36.4 Å². The second-order valence-electron chi connectivity index (χ2n) is 12.5. The molecule has 0 heterocycles. The average Bonchev–Trinajstić information content (AvgIpc) is 2.99. The zero-order valence-corrected chi connectivity index (χ0v) is 29.3. The van der Waals surface area contributed by atoms with Gasteiger partial charge >= 0.3 is 0 Å². The van der Waals surface area contributed by atoms with Crippen LogP contribution < -0.4 is 0 Å². The number of hydrogen-bond donors (Lipinski definition) is 1. The number of benzene rings is 2. The molecular weight excluding hydrogens is 549 g/mol. The van der Waals surface area contributed by atoms with Gasteiger partial charge in [-0.2, -0.15) is 23.5 Å². The zero-order valence-electron chi connectivity index (χ0n) is 27.7. The topological polar surface area (TPSA) is 20.2 Å². The summed E-state index contributed by atoms with van der Waals surface area (Å²) in [4.78, 5) is 0. The molecule has 3 heteroatoms. The van der Waals surface area contributed by atoms with E-state index in [4.69, 9.17) is 0 Å². The van der Waals surface area contributed by atoms with E-state index in [0.29, 0.717) is 5.75 Å². The zero-order chi connectivity index (χ0) is 30.1. The number of rotatable bonds is 27. The smallest absolute Gasteiger partial charge is 0.115 e. The van der Waals surface area contributed by atoms with Crippen molar-refractivity contribution in [3.05, 3.63) is 53.1 Å². The summed E-state index contributed by atoms with van der Waals surface area (Å²) in [5, 5.41) is 9.85. The van der Waals surface area contributed by atoms with Crippen molar-refractivity contribution in [2.75, 3.05) is 11.5 Å². The van der Waals surface area contributed by atoms with E-state index in [9.17, 15) is 5.11 Å². The summed E-state index contributed by atoms with van der Waals surface area (Å²) >= 11 is 4.22. The molecule has 0 aliphatic heterocycles. The predicted octanol–water partition coefficient (Wildman–Crippen LogP) is 13.7. The number of phenolic OH excluding ortho intramolecular Hbond substituents is 1. The third kappa shape index (κ3) is 17.3. The second kappa shape index (κ2) is 25.3. The van der Waals surface area contributed by atoms with Crippen LogP contribution in [0.3, 0.4) is 0 Å². The standard InChI is InChI=1S/C39H64OS2/c1-4-6-8-10-12-14-16-18-20-22-28-41-32-35-30-34(3)39(36-24-26-38(40)27-25-36)37(31-35)33-42-29-23-21-19-17-15-13-11-9-7-5-2/h24-27,30-31,40H,4-23,28-29,32-33H2,1-3H3. The van der Waals surface area contributed by atoms with Gasteiger partial charge in [0.2, 0.25) is 0 Å². The van der Waals surface area contributed by atoms with E-state index in [1.54, 1.807) is 0 Å². The molecule has 0 spiro atoms. The van der Waals surface area contributed by atoms with Crippen LogP contribution >= 0.6 is 23.5 Å². The maximum Gasteiger partial charge on any atom is 0.115 e. The van der Waals surface area contributed by atoms with E-state index in [-0.39, 0.29) is 0 Å². The minimum Gasteiger partial charge on any atom is -0.508 e. The van der Waals surface area contributed by atoms with Crippen LogP contribution in [0.2, 0.25) is 0 Å². The van der Waals surface area contributed by atoms with Crippen molar-refractivity contribution < 1.29 is 5.11 Å². The first-order valence-electron chi connectivity index (χ1n) is 17.7.